The summed E-state index contributed by atoms with van der Waals surface area (Å²) in [4.78, 5) is 28.2. The lowest BCUT2D eigenvalue weighted by atomic mass is 10.2. The lowest BCUT2D eigenvalue weighted by molar-refractivity contribution is -0.163. The molecule has 1 aliphatic heterocycles. The van der Waals surface area contributed by atoms with Crippen LogP contribution in [0.5, 0.6) is 0 Å². The Morgan fingerprint density at radius 1 is 1.25 bits per heavy atom. The van der Waals surface area contributed by atoms with Gasteiger partial charge in [-0.25, -0.2) is 4.79 Å². The van der Waals surface area contributed by atoms with Crippen LogP contribution in [0.2, 0.25) is 0 Å². The van der Waals surface area contributed by atoms with Crippen molar-refractivity contribution in [2.75, 3.05) is 18.1 Å². The lowest BCUT2D eigenvalue weighted by Crippen LogP contribution is -2.44. The molecule has 3 rings (SSSR count). The van der Waals surface area contributed by atoms with Gasteiger partial charge in [0.15, 0.2) is 6.29 Å². The number of ether oxygens (including phenoxy) is 2. The van der Waals surface area contributed by atoms with Gasteiger partial charge in [-0.3, -0.25) is 13.9 Å². The van der Waals surface area contributed by atoms with Gasteiger partial charge in [-0.15, -0.1) is 0 Å². The third-order valence-electron chi connectivity index (χ3n) is 5.69. The third kappa shape index (κ3) is 5.71. The topological polar surface area (TPSA) is 65.7 Å². The Hall–Kier alpha value is -2.35. The van der Waals surface area contributed by atoms with Gasteiger partial charge in [-0.1, -0.05) is 48.5 Å². The second kappa shape index (κ2) is 11.5. The van der Waals surface area contributed by atoms with Gasteiger partial charge < -0.3 is 14.4 Å². The van der Waals surface area contributed by atoms with Crippen LogP contribution in [0.25, 0.3) is 0 Å². The first-order valence-electron chi connectivity index (χ1n) is 11.2. The minimum absolute atomic E-state index is 0.192. The molecule has 1 atom stereocenters. The molecule has 1 aromatic heterocycles. The maximum absolute atomic E-state index is 13.5. The summed E-state index contributed by atoms with van der Waals surface area (Å²) in [6, 6.07) is 9.71. The Morgan fingerprint density at radius 2 is 2.00 bits per heavy atom. The first-order valence-corrected chi connectivity index (χ1v) is 11.5. The largest absolute Gasteiger partial charge is 0.353 e. The normalized spacial score (nSPS) is 16.2. The van der Waals surface area contributed by atoms with Crippen LogP contribution in [0.15, 0.2) is 51.7 Å². The van der Waals surface area contributed by atoms with Crippen LogP contribution >= 0.6 is 11.6 Å². The molecule has 8 heteroatoms. The number of rotatable bonds is 10. The molecule has 0 aliphatic carbocycles. The van der Waals surface area contributed by atoms with Crippen LogP contribution in [-0.2, 0) is 29.1 Å². The summed E-state index contributed by atoms with van der Waals surface area (Å²) in [5.41, 5.74) is 1.22. The van der Waals surface area contributed by atoms with Crippen LogP contribution in [0.1, 0.15) is 43.9 Å². The smallest absolute Gasteiger partial charge is 0.331 e. The van der Waals surface area contributed by atoms with Crippen molar-refractivity contribution in [2.45, 2.75) is 65.5 Å². The van der Waals surface area contributed by atoms with E-state index >= 15 is 0 Å². The van der Waals surface area contributed by atoms with Crippen molar-refractivity contribution in [2.24, 2.45) is 0 Å². The highest BCUT2D eigenvalue weighted by atomic mass is 35.5. The molecule has 1 aromatic carbocycles. The summed E-state index contributed by atoms with van der Waals surface area (Å²) in [6.45, 7) is 9.73. The SMILES string of the molecule is C=C(Cl)N(Cc1ccccc1)c1c(C)n(CC)c(=O)n(CCCOC2CCCCO2)c1=O. The average Bonchev–Trinajstić information content (AvgIpc) is 2.79. The molecular formula is C24H32ClN3O4. The second-order valence-corrected chi connectivity index (χ2v) is 8.32. The Labute approximate surface area is 193 Å². The predicted molar refractivity (Wildman–Crippen MR) is 127 cm³/mol. The van der Waals surface area contributed by atoms with E-state index in [0.717, 1.165) is 24.8 Å². The molecule has 0 radical (unpaired) electrons. The lowest BCUT2D eigenvalue weighted by Gasteiger charge is -2.27. The molecule has 1 aliphatic rings. The first kappa shape index (κ1) is 24.3. The van der Waals surface area contributed by atoms with E-state index in [1.54, 1.807) is 16.4 Å². The standard InChI is InChI=1S/C24H32ClN3O4/c1-4-26-18(2)22(28(19(3)25)17-20-11-6-5-7-12-20)23(29)27(24(26)30)14-10-16-32-21-13-8-9-15-31-21/h5-7,11-12,21H,3-4,8-10,13-17H2,1-2H3. The number of nitrogens with zero attached hydrogens (tertiary/aromatic N) is 3. The molecule has 174 valence electrons. The maximum Gasteiger partial charge on any atom is 0.331 e. The molecule has 1 saturated heterocycles. The Bertz CT molecular complexity index is 1030. The fraction of sp³-hybridized carbons (Fsp3) is 0.500. The summed E-state index contributed by atoms with van der Waals surface area (Å²) < 4.78 is 14.2. The molecule has 32 heavy (non-hydrogen) atoms. The summed E-state index contributed by atoms with van der Waals surface area (Å²) in [6.07, 6.45) is 3.36. The zero-order chi connectivity index (χ0) is 23.1. The van der Waals surface area contributed by atoms with Gasteiger partial charge >= 0.3 is 5.69 Å². The molecule has 2 aromatic rings. The van der Waals surface area contributed by atoms with E-state index in [1.807, 2.05) is 37.3 Å². The molecular weight excluding hydrogens is 430 g/mol. The maximum atomic E-state index is 13.5. The van der Waals surface area contributed by atoms with E-state index in [4.69, 9.17) is 21.1 Å². The Morgan fingerprint density at radius 3 is 2.62 bits per heavy atom. The van der Waals surface area contributed by atoms with Gasteiger partial charge in [-0.05, 0) is 45.1 Å². The van der Waals surface area contributed by atoms with E-state index in [0.29, 0.717) is 44.1 Å². The van der Waals surface area contributed by atoms with Crippen LogP contribution < -0.4 is 16.1 Å². The monoisotopic (exact) mass is 461 g/mol. The third-order valence-corrected chi connectivity index (χ3v) is 5.89. The van der Waals surface area contributed by atoms with Crippen molar-refractivity contribution in [3.63, 3.8) is 0 Å². The van der Waals surface area contributed by atoms with Crippen molar-refractivity contribution in [1.82, 2.24) is 9.13 Å². The van der Waals surface area contributed by atoms with E-state index in [-0.39, 0.29) is 29.2 Å². The van der Waals surface area contributed by atoms with Gasteiger partial charge in [0.1, 0.15) is 10.8 Å². The molecule has 1 unspecified atom stereocenters. The Kier molecular flexibility index (Phi) is 8.73. The van der Waals surface area contributed by atoms with Gasteiger partial charge in [0, 0.05) is 31.9 Å². The molecule has 2 heterocycles. The van der Waals surface area contributed by atoms with Crippen LogP contribution in [0, 0.1) is 6.92 Å². The summed E-state index contributed by atoms with van der Waals surface area (Å²) in [5, 5.41) is 0.222. The fourth-order valence-corrected chi connectivity index (χ4v) is 4.14. The number of aromatic nitrogens is 2. The minimum atomic E-state index is -0.371. The highest BCUT2D eigenvalue weighted by molar-refractivity contribution is 6.30. The molecule has 7 nitrogen and oxygen atoms in total. The zero-order valence-corrected chi connectivity index (χ0v) is 19.6. The van der Waals surface area contributed by atoms with Crippen molar-refractivity contribution in [3.8, 4) is 0 Å². The minimum Gasteiger partial charge on any atom is -0.353 e. The van der Waals surface area contributed by atoms with Crippen molar-refractivity contribution in [3.05, 3.63) is 74.2 Å². The molecule has 0 saturated carbocycles. The van der Waals surface area contributed by atoms with Crippen LogP contribution in [0.3, 0.4) is 0 Å². The molecule has 0 N–H and O–H groups in total. The van der Waals surface area contributed by atoms with E-state index < -0.39 is 0 Å². The average molecular weight is 462 g/mol. The Balaban J connectivity index is 1.87. The number of hydrogen-bond donors (Lipinski definition) is 0. The number of hydrogen-bond acceptors (Lipinski definition) is 5. The van der Waals surface area contributed by atoms with Crippen LogP contribution in [0.4, 0.5) is 5.69 Å². The van der Waals surface area contributed by atoms with Gasteiger partial charge in [-0.2, -0.15) is 0 Å². The first-order chi connectivity index (χ1) is 15.4. The molecule has 0 bridgehead atoms. The number of anilines is 1. The summed E-state index contributed by atoms with van der Waals surface area (Å²) >= 11 is 6.33. The van der Waals surface area contributed by atoms with Crippen LogP contribution in [-0.4, -0.2) is 28.6 Å². The number of halogens is 1. The van der Waals surface area contributed by atoms with Gasteiger partial charge in [0.2, 0.25) is 0 Å². The summed E-state index contributed by atoms with van der Waals surface area (Å²) in [7, 11) is 0. The highest BCUT2D eigenvalue weighted by Gasteiger charge is 2.22. The van der Waals surface area contributed by atoms with E-state index in [2.05, 4.69) is 6.58 Å². The van der Waals surface area contributed by atoms with Gasteiger partial charge in [0.25, 0.3) is 5.56 Å². The van der Waals surface area contributed by atoms with Crippen molar-refractivity contribution < 1.29 is 9.47 Å². The zero-order valence-electron chi connectivity index (χ0n) is 18.9. The van der Waals surface area contributed by atoms with Crippen molar-refractivity contribution in [1.29, 1.82) is 0 Å². The van der Waals surface area contributed by atoms with Gasteiger partial charge in [0.05, 0.1) is 6.61 Å². The van der Waals surface area contributed by atoms with E-state index in [1.165, 1.54) is 4.57 Å². The molecule has 0 spiro atoms. The molecule has 0 amide bonds. The quantitative estimate of drug-likeness (QED) is 0.395. The number of benzene rings is 1. The van der Waals surface area contributed by atoms with Crippen molar-refractivity contribution >= 4 is 17.3 Å². The molecule has 1 fully saturated rings. The second-order valence-electron chi connectivity index (χ2n) is 7.89. The fourth-order valence-electron chi connectivity index (χ4n) is 4.00. The highest BCUT2D eigenvalue weighted by Crippen LogP contribution is 2.23. The predicted octanol–water partition coefficient (Wildman–Crippen LogP) is 3.99. The van der Waals surface area contributed by atoms with E-state index in [9.17, 15) is 9.59 Å². The summed E-state index contributed by atoms with van der Waals surface area (Å²) in [5.74, 6) is 0.